The van der Waals surface area contributed by atoms with E-state index in [0.717, 1.165) is 20.1 Å². The summed E-state index contributed by atoms with van der Waals surface area (Å²) in [6.45, 7) is 2.08. The van der Waals surface area contributed by atoms with E-state index in [-0.39, 0.29) is 0 Å². The summed E-state index contributed by atoms with van der Waals surface area (Å²) < 4.78 is 0. The molecule has 3 rings (SSSR count). The lowest BCUT2D eigenvalue weighted by Gasteiger charge is -2.05. The zero-order valence-corrected chi connectivity index (χ0v) is 11.9. The van der Waals surface area contributed by atoms with Crippen LogP contribution in [0.5, 0.6) is 0 Å². The maximum Gasteiger partial charge on any atom is 0.239 e. The molecule has 3 aromatic rings. The minimum Gasteiger partial charge on any atom is -0.292 e. The van der Waals surface area contributed by atoms with Gasteiger partial charge in [0.05, 0.1) is 0 Å². The van der Waals surface area contributed by atoms with Crippen molar-refractivity contribution in [2.45, 2.75) is 16.8 Å². The van der Waals surface area contributed by atoms with Crippen LogP contribution in [0.25, 0.3) is 10.2 Å². The van der Waals surface area contributed by atoms with E-state index in [1.807, 2.05) is 11.4 Å². The molecule has 0 amide bonds. The van der Waals surface area contributed by atoms with Gasteiger partial charge in [-0.15, -0.1) is 11.3 Å². The lowest BCUT2D eigenvalue weighted by molar-refractivity contribution is 1.08. The molecule has 0 bridgehead atoms. The average Bonchev–Trinajstić information content (AvgIpc) is 2.89. The Bertz CT molecular complexity index is 706. The fraction of sp³-hybridized carbons (Fsp3) is 0.0769. The highest BCUT2D eigenvalue weighted by Crippen LogP contribution is 2.34. The van der Waals surface area contributed by atoms with Gasteiger partial charge in [0.25, 0.3) is 0 Å². The number of nitrogen functional groups attached to an aromatic ring is 1. The lowest BCUT2D eigenvalue weighted by atomic mass is 10.2. The smallest absolute Gasteiger partial charge is 0.239 e. The third kappa shape index (κ3) is 2.56. The van der Waals surface area contributed by atoms with Crippen molar-refractivity contribution >= 4 is 39.3 Å². The molecule has 1 aromatic carbocycles. The Kier molecular flexibility index (Phi) is 3.37. The normalized spacial score (nSPS) is 10.8. The van der Waals surface area contributed by atoms with Crippen molar-refractivity contribution in [3.05, 3.63) is 41.3 Å². The van der Waals surface area contributed by atoms with E-state index in [1.165, 1.54) is 5.56 Å². The Morgan fingerprint density at radius 3 is 2.68 bits per heavy atom. The lowest BCUT2D eigenvalue weighted by Crippen LogP contribution is -2.10. The second-order valence-corrected chi connectivity index (χ2v) is 6.01. The molecule has 0 aliphatic heterocycles. The van der Waals surface area contributed by atoms with E-state index in [4.69, 9.17) is 5.84 Å². The van der Waals surface area contributed by atoms with Crippen LogP contribution in [0.2, 0.25) is 0 Å². The van der Waals surface area contributed by atoms with Gasteiger partial charge in [-0.25, -0.2) is 15.8 Å². The number of hydrogen-bond acceptors (Lipinski definition) is 6. The Morgan fingerprint density at radius 2 is 1.95 bits per heavy atom. The molecule has 96 valence electrons. The van der Waals surface area contributed by atoms with Gasteiger partial charge in [-0.2, -0.15) is 0 Å². The highest BCUT2D eigenvalue weighted by molar-refractivity contribution is 7.99. The zero-order chi connectivity index (χ0) is 13.2. The molecule has 3 N–H and O–H groups in total. The molecule has 6 heteroatoms. The molecule has 0 aliphatic rings. The van der Waals surface area contributed by atoms with Crippen LogP contribution in [0.3, 0.4) is 0 Å². The van der Waals surface area contributed by atoms with E-state index in [1.54, 1.807) is 23.1 Å². The Labute approximate surface area is 119 Å². The van der Waals surface area contributed by atoms with E-state index in [9.17, 15) is 0 Å². The first-order chi connectivity index (χ1) is 9.26. The monoisotopic (exact) mass is 288 g/mol. The number of nitrogens with zero attached hydrogens (tertiary/aromatic N) is 2. The van der Waals surface area contributed by atoms with Gasteiger partial charge in [0.15, 0.2) is 0 Å². The highest BCUT2D eigenvalue weighted by Gasteiger charge is 2.09. The minimum atomic E-state index is 0.449. The quantitative estimate of drug-likeness (QED) is 0.439. The largest absolute Gasteiger partial charge is 0.292 e. The summed E-state index contributed by atoms with van der Waals surface area (Å²) in [7, 11) is 0. The summed E-state index contributed by atoms with van der Waals surface area (Å²) in [6, 6.07) is 10.4. The summed E-state index contributed by atoms with van der Waals surface area (Å²) in [5.41, 5.74) is 3.76. The minimum absolute atomic E-state index is 0.449. The molecule has 0 unspecified atom stereocenters. The predicted octanol–water partition coefficient (Wildman–Crippen LogP) is 3.44. The second-order valence-electron chi connectivity index (χ2n) is 4.05. The van der Waals surface area contributed by atoms with Crippen LogP contribution in [0.4, 0.5) is 5.95 Å². The molecule has 0 atom stereocenters. The molecule has 0 saturated carbocycles. The number of aromatic nitrogens is 2. The van der Waals surface area contributed by atoms with Gasteiger partial charge in [-0.3, -0.25) is 5.43 Å². The number of rotatable bonds is 3. The van der Waals surface area contributed by atoms with Crippen molar-refractivity contribution in [1.29, 1.82) is 0 Å². The highest BCUT2D eigenvalue weighted by atomic mass is 32.2. The van der Waals surface area contributed by atoms with Crippen molar-refractivity contribution < 1.29 is 0 Å². The Balaban J connectivity index is 2.03. The third-order valence-corrected chi connectivity index (χ3v) is 4.47. The molecule has 0 aliphatic carbocycles. The first-order valence-corrected chi connectivity index (χ1v) is 7.42. The predicted molar refractivity (Wildman–Crippen MR) is 80.5 cm³/mol. The molecule has 4 nitrogen and oxygen atoms in total. The molecule has 2 aromatic heterocycles. The van der Waals surface area contributed by atoms with Crippen LogP contribution in [-0.4, -0.2) is 9.97 Å². The number of hydrazine groups is 1. The standard InChI is InChI=1S/C13H12N4S2/c1-8-2-4-9(5-3-8)19-12-10-6-7-18-11(10)15-13(16-12)17-14/h2-7H,14H2,1H3,(H,15,16,17). The SMILES string of the molecule is Cc1ccc(Sc2nc(NN)nc3sccc23)cc1. The van der Waals surface area contributed by atoms with Crippen LogP contribution in [0.1, 0.15) is 5.56 Å². The van der Waals surface area contributed by atoms with Crippen LogP contribution in [0, 0.1) is 6.92 Å². The molecular weight excluding hydrogens is 276 g/mol. The number of thiophene rings is 1. The second kappa shape index (κ2) is 5.16. The van der Waals surface area contributed by atoms with Crippen molar-refractivity contribution in [3.8, 4) is 0 Å². The van der Waals surface area contributed by atoms with Gasteiger partial charge in [0.1, 0.15) is 9.86 Å². The van der Waals surface area contributed by atoms with E-state index >= 15 is 0 Å². The summed E-state index contributed by atoms with van der Waals surface area (Å²) in [5, 5.41) is 4.00. The first-order valence-electron chi connectivity index (χ1n) is 5.72. The van der Waals surface area contributed by atoms with Gasteiger partial charge in [-0.1, -0.05) is 29.5 Å². The number of nitrogens with one attached hydrogen (secondary N) is 1. The van der Waals surface area contributed by atoms with Crippen LogP contribution < -0.4 is 11.3 Å². The van der Waals surface area contributed by atoms with Gasteiger partial charge < -0.3 is 0 Å². The van der Waals surface area contributed by atoms with Crippen LogP contribution in [0.15, 0.2) is 45.6 Å². The Hall–Kier alpha value is -1.63. The van der Waals surface area contributed by atoms with Gasteiger partial charge >= 0.3 is 0 Å². The average molecular weight is 288 g/mol. The maximum atomic E-state index is 5.41. The molecule has 19 heavy (non-hydrogen) atoms. The maximum absolute atomic E-state index is 5.41. The van der Waals surface area contributed by atoms with Crippen molar-refractivity contribution in [2.24, 2.45) is 5.84 Å². The number of aryl methyl sites for hydroxylation is 1. The summed E-state index contributed by atoms with van der Waals surface area (Å²) in [6.07, 6.45) is 0. The molecular formula is C13H12N4S2. The number of benzene rings is 1. The van der Waals surface area contributed by atoms with Crippen molar-refractivity contribution in [3.63, 3.8) is 0 Å². The number of anilines is 1. The van der Waals surface area contributed by atoms with E-state index in [0.29, 0.717) is 5.95 Å². The molecule has 0 spiro atoms. The molecule has 0 fully saturated rings. The summed E-state index contributed by atoms with van der Waals surface area (Å²) >= 11 is 3.20. The van der Waals surface area contributed by atoms with Crippen molar-refractivity contribution in [2.75, 3.05) is 5.43 Å². The van der Waals surface area contributed by atoms with E-state index < -0.39 is 0 Å². The van der Waals surface area contributed by atoms with Gasteiger partial charge in [0, 0.05) is 10.3 Å². The number of nitrogens with two attached hydrogens (primary N) is 1. The molecule has 2 heterocycles. The van der Waals surface area contributed by atoms with E-state index in [2.05, 4.69) is 46.6 Å². The first kappa shape index (κ1) is 12.4. The van der Waals surface area contributed by atoms with Gasteiger partial charge in [0.2, 0.25) is 5.95 Å². The fourth-order valence-corrected chi connectivity index (χ4v) is 3.42. The summed E-state index contributed by atoms with van der Waals surface area (Å²) in [4.78, 5) is 10.9. The summed E-state index contributed by atoms with van der Waals surface area (Å²) in [5.74, 6) is 5.86. The van der Waals surface area contributed by atoms with Crippen LogP contribution >= 0.6 is 23.1 Å². The van der Waals surface area contributed by atoms with Crippen LogP contribution in [-0.2, 0) is 0 Å². The fourth-order valence-electron chi connectivity index (χ4n) is 1.69. The van der Waals surface area contributed by atoms with Crippen molar-refractivity contribution in [1.82, 2.24) is 9.97 Å². The van der Waals surface area contributed by atoms with Gasteiger partial charge in [-0.05, 0) is 30.5 Å². The topological polar surface area (TPSA) is 63.8 Å². The Morgan fingerprint density at radius 1 is 1.16 bits per heavy atom. The zero-order valence-electron chi connectivity index (χ0n) is 10.3. The molecule has 0 saturated heterocycles. The molecule has 0 radical (unpaired) electrons. The third-order valence-electron chi connectivity index (χ3n) is 2.65. The number of fused-ring (bicyclic) bond motifs is 1. The number of hydrogen-bond donors (Lipinski definition) is 2.